The molecule has 0 bridgehead atoms. The molecule has 1 aliphatic heterocycles. The van der Waals surface area contributed by atoms with Crippen LogP contribution in [0.2, 0.25) is 0 Å². The molecule has 3 aromatic rings. The van der Waals surface area contributed by atoms with Gasteiger partial charge in [0, 0.05) is 5.56 Å². The smallest absolute Gasteiger partial charge is 0.177 e. The Labute approximate surface area is 211 Å². The summed E-state index contributed by atoms with van der Waals surface area (Å²) in [5, 5.41) is 13.6. The molecule has 3 heterocycles. The third-order valence-electron chi connectivity index (χ3n) is 6.11. The highest BCUT2D eigenvalue weighted by Crippen LogP contribution is 2.45. The van der Waals surface area contributed by atoms with Crippen LogP contribution >= 0.6 is 11.3 Å². The largest absolute Gasteiger partial charge is 0.390 e. The predicted molar refractivity (Wildman–Crippen MR) is 147 cm³/mol. The second kappa shape index (κ2) is 10.2. The number of thiophene rings is 1. The molecule has 0 amide bonds. The summed E-state index contributed by atoms with van der Waals surface area (Å²) in [7, 11) is 0. The number of allylic oxidation sites excluding steroid dienone is 2. The average Bonchev–Trinajstić information content (AvgIpc) is 3.38. The average molecular weight is 488 g/mol. The van der Waals surface area contributed by atoms with Gasteiger partial charge in [-0.2, -0.15) is 0 Å². The zero-order valence-corrected chi connectivity index (χ0v) is 21.6. The number of aliphatic hydroxyl groups is 1. The van der Waals surface area contributed by atoms with Gasteiger partial charge in [0.2, 0.25) is 0 Å². The van der Waals surface area contributed by atoms with Gasteiger partial charge in [-0.3, -0.25) is 0 Å². The van der Waals surface area contributed by atoms with E-state index in [1.165, 1.54) is 10.6 Å². The number of aliphatic imine (C=N–C) groups is 1. The molecule has 7 heteroatoms. The third-order valence-corrected chi connectivity index (χ3v) is 6.99. The molecule has 1 aromatic carbocycles. The predicted octanol–water partition coefficient (Wildman–Crippen LogP) is 6.45. The first-order chi connectivity index (χ1) is 16.8. The van der Waals surface area contributed by atoms with Gasteiger partial charge < -0.3 is 5.11 Å². The molecule has 3 N–H and O–H groups in total. The lowest BCUT2D eigenvalue weighted by atomic mass is 9.69. The minimum Gasteiger partial charge on any atom is -0.390 e. The zero-order chi connectivity index (χ0) is 25.2. The van der Waals surface area contributed by atoms with Crippen molar-refractivity contribution >= 4 is 23.4 Å². The Morgan fingerprint density at radius 1 is 1.20 bits per heavy atom. The van der Waals surface area contributed by atoms with Gasteiger partial charge in [0.05, 0.1) is 22.4 Å². The van der Waals surface area contributed by atoms with Crippen LogP contribution in [0.5, 0.6) is 0 Å². The highest BCUT2D eigenvalue weighted by atomic mass is 32.1. The molecule has 1 fully saturated rings. The van der Waals surface area contributed by atoms with Crippen LogP contribution in [-0.2, 0) is 0 Å². The highest BCUT2D eigenvalue weighted by molar-refractivity contribution is 7.13. The molecule has 0 unspecified atom stereocenters. The molecule has 0 spiro atoms. The van der Waals surface area contributed by atoms with Crippen molar-refractivity contribution in [2.45, 2.75) is 58.5 Å². The van der Waals surface area contributed by atoms with Crippen molar-refractivity contribution < 1.29 is 5.11 Å². The minimum absolute atomic E-state index is 0.400. The molecule has 1 aliphatic carbocycles. The van der Waals surface area contributed by atoms with Gasteiger partial charge in [0.1, 0.15) is 17.2 Å². The van der Waals surface area contributed by atoms with Gasteiger partial charge in [0.15, 0.2) is 5.82 Å². The van der Waals surface area contributed by atoms with Gasteiger partial charge in [-0.25, -0.2) is 25.8 Å². The van der Waals surface area contributed by atoms with Crippen molar-refractivity contribution in [1.29, 1.82) is 0 Å². The molecule has 6 nitrogen and oxygen atoms in total. The molecule has 35 heavy (non-hydrogen) atoms. The van der Waals surface area contributed by atoms with E-state index in [4.69, 9.17) is 15.8 Å². The van der Waals surface area contributed by atoms with Crippen molar-refractivity contribution in [3.8, 4) is 21.8 Å². The SMILES string of the molecule is C=C(C)C/C=C1/N=Cc2nc(-c3cccs3)c(-c3ccc(C4CC(C)(O)C4)cc3)nc2N1N.CC. The maximum Gasteiger partial charge on any atom is 0.177 e. The van der Waals surface area contributed by atoms with Crippen molar-refractivity contribution in [3.05, 3.63) is 77.1 Å². The lowest BCUT2D eigenvalue weighted by Crippen LogP contribution is -2.39. The summed E-state index contributed by atoms with van der Waals surface area (Å²) in [6.07, 6.45) is 5.96. The fourth-order valence-electron chi connectivity index (χ4n) is 4.36. The Morgan fingerprint density at radius 3 is 2.51 bits per heavy atom. The Kier molecular flexibility index (Phi) is 7.31. The number of fused-ring (bicyclic) bond motifs is 1. The van der Waals surface area contributed by atoms with Crippen LogP contribution in [0.15, 0.2) is 70.8 Å². The quantitative estimate of drug-likeness (QED) is 0.319. The first kappa shape index (κ1) is 25.0. The lowest BCUT2D eigenvalue weighted by molar-refractivity contribution is -0.0313. The Morgan fingerprint density at radius 2 is 1.91 bits per heavy atom. The molecule has 0 saturated heterocycles. The first-order valence-electron chi connectivity index (χ1n) is 12.0. The molecular weight excluding hydrogens is 454 g/mol. The number of anilines is 1. The number of nitrogens with zero attached hydrogens (tertiary/aromatic N) is 4. The monoisotopic (exact) mass is 487 g/mol. The molecule has 2 aliphatic rings. The van der Waals surface area contributed by atoms with E-state index in [2.05, 4.69) is 35.8 Å². The number of hydrogen-bond acceptors (Lipinski definition) is 7. The van der Waals surface area contributed by atoms with Crippen LogP contribution < -0.4 is 10.9 Å². The molecular formula is C28H33N5OS. The van der Waals surface area contributed by atoms with E-state index in [1.807, 2.05) is 51.3 Å². The van der Waals surface area contributed by atoms with Crippen LogP contribution in [0, 0.1) is 0 Å². The normalized spacial score (nSPS) is 21.7. The summed E-state index contributed by atoms with van der Waals surface area (Å²) in [6.45, 7) is 11.8. The van der Waals surface area contributed by atoms with Gasteiger partial charge in [-0.1, -0.05) is 56.3 Å². The third kappa shape index (κ3) is 5.27. The number of benzene rings is 1. The van der Waals surface area contributed by atoms with Crippen LogP contribution in [0.3, 0.4) is 0 Å². The molecule has 0 atom stereocenters. The van der Waals surface area contributed by atoms with Crippen LogP contribution in [0.4, 0.5) is 5.82 Å². The lowest BCUT2D eigenvalue weighted by Gasteiger charge is -2.41. The van der Waals surface area contributed by atoms with Crippen LogP contribution in [0.1, 0.15) is 64.1 Å². The van der Waals surface area contributed by atoms with E-state index < -0.39 is 5.60 Å². The summed E-state index contributed by atoms with van der Waals surface area (Å²) in [6, 6.07) is 12.5. The Balaban J connectivity index is 0.00000141. The topological polar surface area (TPSA) is 87.6 Å². The van der Waals surface area contributed by atoms with Crippen LogP contribution in [0.25, 0.3) is 21.8 Å². The van der Waals surface area contributed by atoms with E-state index in [-0.39, 0.29) is 0 Å². The highest BCUT2D eigenvalue weighted by Gasteiger charge is 2.39. The van der Waals surface area contributed by atoms with E-state index >= 15 is 0 Å². The molecule has 0 radical (unpaired) electrons. The summed E-state index contributed by atoms with van der Waals surface area (Å²) in [5.74, 6) is 8.01. The zero-order valence-electron chi connectivity index (χ0n) is 20.8. The van der Waals surface area contributed by atoms with Crippen molar-refractivity contribution in [2.75, 3.05) is 5.01 Å². The van der Waals surface area contributed by atoms with Crippen molar-refractivity contribution in [2.24, 2.45) is 10.8 Å². The van der Waals surface area contributed by atoms with E-state index in [9.17, 15) is 5.11 Å². The van der Waals surface area contributed by atoms with Gasteiger partial charge >= 0.3 is 0 Å². The van der Waals surface area contributed by atoms with Crippen LogP contribution in [-0.4, -0.2) is 26.9 Å². The summed E-state index contributed by atoms with van der Waals surface area (Å²) in [5.41, 5.74) is 4.96. The van der Waals surface area contributed by atoms with Gasteiger partial charge in [-0.05, 0) is 62.1 Å². The summed E-state index contributed by atoms with van der Waals surface area (Å²) < 4.78 is 0. The second-order valence-corrected chi connectivity index (χ2v) is 10.1. The fourth-order valence-corrected chi connectivity index (χ4v) is 5.07. The standard InChI is InChI=1S/C26H27N5OS.C2H6/c1-16(2)6-11-22-28-15-20-25(31(22)27)30-23(24(29-20)21-5-4-12-33-21)18-9-7-17(8-10-18)19-13-26(3,32)14-19;1-2/h4-5,7-12,15,19,32H,1,6,13-14,27H2,2-3H3;1-2H3/b22-11-;. The summed E-state index contributed by atoms with van der Waals surface area (Å²) >= 11 is 1.63. The second-order valence-electron chi connectivity index (χ2n) is 9.18. The number of hydrazine groups is 1. The molecule has 182 valence electrons. The molecule has 1 saturated carbocycles. The maximum absolute atomic E-state index is 10.1. The number of aromatic nitrogens is 2. The van der Waals surface area contributed by atoms with E-state index in [0.29, 0.717) is 29.7 Å². The Bertz CT molecular complexity index is 1250. The van der Waals surface area contributed by atoms with E-state index in [1.54, 1.807) is 17.6 Å². The van der Waals surface area contributed by atoms with Gasteiger partial charge in [-0.15, -0.1) is 11.3 Å². The van der Waals surface area contributed by atoms with E-state index in [0.717, 1.165) is 40.2 Å². The summed E-state index contributed by atoms with van der Waals surface area (Å²) in [4.78, 5) is 15.4. The van der Waals surface area contributed by atoms with Gasteiger partial charge in [0.25, 0.3) is 0 Å². The number of rotatable bonds is 5. The minimum atomic E-state index is -0.541. The van der Waals surface area contributed by atoms with Crippen molar-refractivity contribution in [3.63, 3.8) is 0 Å². The molecule has 2 aromatic heterocycles. The molecule has 5 rings (SSSR count). The Hall–Kier alpha value is -3.13. The van der Waals surface area contributed by atoms with Crippen molar-refractivity contribution in [1.82, 2.24) is 9.97 Å². The first-order valence-corrected chi connectivity index (χ1v) is 12.9. The maximum atomic E-state index is 10.1. The number of hydrogen-bond donors (Lipinski definition) is 2. The fraction of sp³-hybridized carbons (Fsp3) is 0.321. The number of nitrogens with two attached hydrogens (primary N) is 1.